The summed E-state index contributed by atoms with van der Waals surface area (Å²) >= 11 is 1.36. The molecule has 0 radical (unpaired) electrons. The number of hydrogen-bond acceptors (Lipinski definition) is 4. The normalized spacial score (nSPS) is 10.6. The van der Waals surface area contributed by atoms with Gasteiger partial charge < -0.3 is 15.2 Å². The molecule has 2 amide bonds. The van der Waals surface area contributed by atoms with Crippen molar-refractivity contribution in [2.24, 2.45) is 0 Å². The molecular weight excluding hydrogens is 432 g/mol. The standard InChI is InChI=1S/C26H24N4O2S/c1-19-8-7-11-21(16-19)28-25(32)22-12-5-6-13-23(22)29-24(31)18-33-26-27-14-15-30(26)17-20-9-3-2-4-10-20/h2-16H,17-18H2,1H3,(H,28,32)(H,29,31). The van der Waals surface area contributed by atoms with E-state index in [4.69, 9.17) is 0 Å². The summed E-state index contributed by atoms with van der Waals surface area (Å²) < 4.78 is 2.01. The summed E-state index contributed by atoms with van der Waals surface area (Å²) in [6.45, 7) is 2.65. The summed E-state index contributed by atoms with van der Waals surface area (Å²) in [5, 5.41) is 6.51. The lowest BCUT2D eigenvalue weighted by molar-refractivity contribution is -0.113. The first-order valence-electron chi connectivity index (χ1n) is 10.5. The minimum atomic E-state index is -0.275. The Labute approximate surface area is 197 Å². The smallest absolute Gasteiger partial charge is 0.257 e. The average molecular weight is 457 g/mol. The van der Waals surface area contributed by atoms with Gasteiger partial charge in [0.2, 0.25) is 5.91 Å². The van der Waals surface area contributed by atoms with E-state index in [2.05, 4.69) is 27.8 Å². The van der Waals surface area contributed by atoms with Crippen molar-refractivity contribution < 1.29 is 9.59 Å². The number of imidazole rings is 1. The number of para-hydroxylation sites is 1. The molecule has 0 saturated heterocycles. The van der Waals surface area contributed by atoms with Crippen LogP contribution in [0, 0.1) is 6.92 Å². The molecule has 6 nitrogen and oxygen atoms in total. The Hall–Kier alpha value is -3.84. The molecule has 33 heavy (non-hydrogen) atoms. The second-order valence-corrected chi connectivity index (χ2v) is 8.47. The van der Waals surface area contributed by atoms with Crippen LogP contribution in [0.2, 0.25) is 0 Å². The Balaban J connectivity index is 1.38. The zero-order valence-corrected chi connectivity index (χ0v) is 19.0. The number of amides is 2. The van der Waals surface area contributed by atoms with Crippen LogP contribution in [0.15, 0.2) is 96.4 Å². The van der Waals surface area contributed by atoms with Gasteiger partial charge in [-0.25, -0.2) is 4.98 Å². The van der Waals surface area contributed by atoms with Crippen molar-refractivity contribution >= 4 is 35.0 Å². The van der Waals surface area contributed by atoms with Gasteiger partial charge in [-0.05, 0) is 42.3 Å². The number of aryl methyl sites for hydroxylation is 1. The summed E-state index contributed by atoms with van der Waals surface area (Å²) in [7, 11) is 0. The molecule has 4 rings (SSSR count). The second-order valence-electron chi connectivity index (χ2n) is 7.53. The fourth-order valence-corrected chi connectivity index (χ4v) is 4.12. The molecule has 3 aromatic carbocycles. The number of benzene rings is 3. The van der Waals surface area contributed by atoms with Crippen molar-refractivity contribution in [3.05, 3.63) is 108 Å². The van der Waals surface area contributed by atoms with Gasteiger partial charge in [0.15, 0.2) is 5.16 Å². The van der Waals surface area contributed by atoms with Gasteiger partial charge in [0, 0.05) is 24.6 Å². The first-order valence-corrected chi connectivity index (χ1v) is 11.5. The molecular formula is C26H24N4O2S. The summed E-state index contributed by atoms with van der Waals surface area (Å²) in [4.78, 5) is 29.8. The maximum atomic E-state index is 12.8. The van der Waals surface area contributed by atoms with E-state index < -0.39 is 0 Å². The van der Waals surface area contributed by atoms with Crippen LogP contribution in [0.5, 0.6) is 0 Å². The molecule has 0 fully saturated rings. The molecule has 7 heteroatoms. The van der Waals surface area contributed by atoms with Crippen LogP contribution in [0.25, 0.3) is 0 Å². The third kappa shape index (κ3) is 6.11. The summed E-state index contributed by atoms with van der Waals surface area (Å²) in [6.07, 6.45) is 3.63. The van der Waals surface area contributed by atoms with Crippen molar-refractivity contribution in [1.82, 2.24) is 9.55 Å². The molecule has 0 saturated carbocycles. The van der Waals surface area contributed by atoms with Crippen LogP contribution in [0.1, 0.15) is 21.5 Å². The lowest BCUT2D eigenvalue weighted by atomic mass is 10.1. The minimum absolute atomic E-state index is 0.180. The number of aromatic nitrogens is 2. The van der Waals surface area contributed by atoms with Crippen molar-refractivity contribution in [2.75, 3.05) is 16.4 Å². The first-order chi connectivity index (χ1) is 16.1. The molecule has 166 valence electrons. The van der Waals surface area contributed by atoms with E-state index in [1.807, 2.05) is 60.2 Å². The van der Waals surface area contributed by atoms with Crippen LogP contribution < -0.4 is 10.6 Å². The Morgan fingerprint density at radius 2 is 1.73 bits per heavy atom. The third-order valence-corrected chi connectivity index (χ3v) is 5.93. The SMILES string of the molecule is Cc1cccc(NC(=O)c2ccccc2NC(=O)CSc2nccn2Cc2ccccc2)c1. The number of rotatable bonds is 8. The van der Waals surface area contributed by atoms with Gasteiger partial charge in [-0.2, -0.15) is 0 Å². The van der Waals surface area contributed by atoms with Crippen molar-refractivity contribution in [3.63, 3.8) is 0 Å². The predicted molar refractivity (Wildman–Crippen MR) is 133 cm³/mol. The minimum Gasteiger partial charge on any atom is -0.325 e. The molecule has 1 aromatic heterocycles. The molecule has 0 aliphatic rings. The van der Waals surface area contributed by atoms with Crippen LogP contribution in [-0.4, -0.2) is 27.1 Å². The molecule has 0 unspecified atom stereocenters. The van der Waals surface area contributed by atoms with Crippen molar-refractivity contribution in [2.45, 2.75) is 18.6 Å². The summed E-state index contributed by atoms with van der Waals surface area (Å²) in [5.74, 6) is -0.299. The Kier molecular flexibility index (Phi) is 7.22. The molecule has 0 bridgehead atoms. The molecule has 4 aromatic rings. The highest BCUT2D eigenvalue weighted by Gasteiger charge is 2.14. The van der Waals surface area contributed by atoms with Gasteiger partial charge in [-0.1, -0.05) is 66.4 Å². The summed E-state index contributed by atoms with van der Waals surface area (Å²) in [6, 6.07) is 24.7. The predicted octanol–water partition coefficient (Wildman–Crippen LogP) is 5.22. The van der Waals surface area contributed by atoms with E-state index in [-0.39, 0.29) is 17.6 Å². The fraction of sp³-hybridized carbons (Fsp3) is 0.115. The summed E-state index contributed by atoms with van der Waals surface area (Å²) in [5.41, 5.74) is 3.80. The van der Waals surface area contributed by atoms with E-state index >= 15 is 0 Å². The van der Waals surface area contributed by atoms with Crippen LogP contribution >= 0.6 is 11.8 Å². The highest BCUT2D eigenvalue weighted by molar-refractivity contribution is 7.99. The topological polar surface area (TPSA) is 76.0 Å². The van der Waals surface area contributed by atoms with Crippen molar-refractivity contribution in [3.8, 4) is 0 Å². The number of carbonyl (C=O) groups excluding carboxylic acids is 2. The number of nitrogens with zero attached hydrogens (tertiary/aromatic N) is 2. The van der Waals surface area contributed by atoms with E-state index in [0.29, 0.717) is 23.5 Å². The monoisotopic (exact) mass is 456 g/mol. The number of nitrogens with one attached hydrogen (secondary N) is 2. The molecule has 0 aliphatic carbocycles. The lowest BCUT2D eigenvalue weighted by Gasteiger charge is -2.12. The quantitative estimate of drug-likeness (QED) is 0.356. The molecule has 1 heterocycles. The number of carbonyl (C=O) groups is 2. The average Bonchev–Trinajstić information content (AvgIpc) is 3.25. The zero-order chi connectivity index (χ0) is 23.0. The maximum absolute atomic E-state index is 12.8. The van der Waals surface area contributed by atoms with Gasteiger partial charge in [0.05, 0.1) is 17.0 Å². The zero-order valence-electron chi connectivity index (χ0n) is 18.2. The second kappa shape index (κ2) is 10.7. The van der Waals surface area contributed by atoms with Crippen molar-refractivity contribution in [1.29, 1.82) is 0 Å². The third-order valence-electron chi connectivity index (χ3n) is 4.93. The van der Waals surface area contributed by atoms with Crippen LogP contribution in [0.3, 0.4) is 0 Å². The van der Waals surface area contributed by atoms with E-state index in [1.165, 1.54) is 11.8 Å². The Morgan fingerprint density at radius 3 is 2.55 bits per heavy atom. The number of thioether (sulfide) groups is 1. The molecule has 0 atom stereocenters. The molecule has 0 spiro atoms. The largest absolute Gasteiger partial charge is 0.325 e. The fourth-order valence-electron chi connectivity index (χ4n) is 3.36. The molecule has 0 aliphatic heterocycles. The van der Waals surface area contributed by atoms with Crippen LogP contribution in [-0.2, 0) is 11.3 Å². The number of hydrogen-bond donors (Lipinski definition) is 2. The van der Waals surface area contributed by atoms with Crippen LogP contribution in [0.4, 0.5) is 11.4 Å². The van der Waals surface area contributed by atoms with Gasteiger partial charge >= 0.3 is 0 Å². The van der Waals surface area contributed by atoms with E-state index in [0.717, 1.165) is 16.3 Å². The molecule has 2 N–H and O–H groups in total. The van der Waals surface area contributed by atoms with E-state index in [9.17, 15) is 9.59 Å². The van der Waals surface area contributed by atoms with Gasteiger partial charge in [0.25, 0.3) is 5.91 Å². The lowest BCUT2D eigenvalue weighted by Crippen LogP contribution is -2.19. The van der Waals surface area contributed by atoms with E-state index in [1.54, 1.807) is 30.5 Å². The Morgan fingerprint density at radius 1 is 0.939 bits per heavy atom. The Bertz CT molecular complexity index is 1250. The van der Waals surface area contributed by atoms with Gasteiger partial charge in [-0.3, -0.25) is 9.59 Å². The first kappa shape index (κ1) is 22.4. The highest BCUT2D eigenvalue weighted by Crippen LogP contribution is 2.21. The highest BCUT2D eigenvalue weighted by atomic mass is 32.2. The van der Waals surface area contributed by atoms with Gasteiger partial charge in [-0.15, -0.1) is 0 Å². The maximum Gasteiger partial charge on any atom is 0.257 e. The number of anilines is 2. The van der Waals surface area contributed by atoms with Gasteiger partial charge in [0.1, 0.15) is 0 Å².